The van der Waals surface area contributed by atoms with Gasteiger partial charge >= 0.3 is 0 Å². The summed E-state index contributed by atoms with van der Waals surface area (Å²) in [6.45, 7) is 1.43. The van der Waals surface area contributed by atoms with Crippen LogP contribution in [0.4, 0.5) is 0 Å². The minimum absolute atomic E-state index is 0.0929. The van der Waals surface area contributed by atoms with Gasteiger partial charge in [-0.2, -0.15) is 0 Å². The van der Waals surface area contributed by atoms with Crippen LogP contribution in [0.25, 0.3) is 10.8 Å². The number of carbonyl (C=O) groups excluding carboxylic acids is 1. The van der Waals surface area contributed by atoms with Crippen LogP contribution in [0.2, 0.25) is 0 Å². The van der Waals surface area contributed by atoms with E-state index in [-0.39, 0.29) is 11.9 Å². The highest BCUT2D eigenvalue weighted by molar-refractivity contribution is 5.83. The predicted molar refractivity (Wildman–Crippen MR) is 101 cm³/mol. The molecule has 0 aliphatic carbocycles. The Morgan fingerprint density at radius 3 is 2.60 bits per heavy atom. The quantitative estimate of drug-likeness (QED) is 0.771. The van der Waals surface area contributed by atoms with E-state index in [0.29, 0.717) is 6.54 Å². The van der Waals surface area contributed by atoms with Crippen molar-refractivity contribution >= 4 is 16.7 Å². The van der Waals surface area contributed by atoms with Crippen molar-refractivity contribution in [3.05, 3.63) is 83.4 Å². The summed E-state index contributed by atoms with van der Waals surface area (Å²) < 4.78 is 0. The molecule has 0 saturated carbocycles. The fraction of sp³-hybridized carbons (Fsp3) is 0.227. The van der Waals surface area contributed by atoms with E-state index < -0.39 is 0 Å². The Morgan fingerprint density at radius 1 is 0.960 bits per heavy atom. The van der Waals surface area contributed by atoms with Crippen LogP contribution in [-0.4, -0.2) is 18.5 Å². The molecule has 3 aromatic carbocycles. The molecule has 3 aromatic rings. The van der Waals surface area contributed by atoms with E-state index in [4.69, 9.17) is 0 Å². The number of nitrogens with one attached hydrogen (secondary N) is 2. The van der Waals surface area contributed by atoms with Crippen molar-refractivity contribution in [1.29, 1.82) is 0 Å². The number of amides is 1. The molecule has 1 amide bonds. The largest absolute Gasteiger partial charge is 0.354 e. The summed E-state index contributed by atoms with van der Waals surface area (Å²) in [6.07, 6.45) is 1.61. The molecule has 0 aromatic heterocycles. The fourth-order valence-corrected chi connectivity index (χ4v) is 3.49. The summed E-state index contributed by atoms with van der Waals surface area (Å²) in [5, 5.41) is 8.91. The van der Waals surface area contributed by atoms with Gasteiger partial charge < -0.3 is 10.6 Å². The van der Waals surface area contributed by atoms with E-state index in [9.17, 15) is 4.79 Å². The van der Waals surface area contributed by atoms with Gasteiger partial charge in [0.1, 0.15) is 0 Å². The minimum Gasteiger partial charge on any atom is -0.354 e. The molecule has 0 spiro atoms. The number of fused-ring (bicyclic) bond motifs is 2. The van der Waals surface area contributed by atoms with Gasteiger partial charge in [-0.15, -0.1) is 0 Å². The van der Waals surface area contributed by atoms with Gasteiger partial charge in [-0.05, 0) is 40.3 Å². The molecule has 1 aliphatic heterocycles. The molecular weight excluding hydrogens is 308 g/mol. The topological polar surface area (TPSA) is 41.1 Å². The molecule has 0 radical (unpaired) electrons. The molecule has 126 valence electrons. The average Bonchev–Trinajstić information content (AvgIpc) is 2.67. The van der Waals surface area contributed by atoms with E-state index in [1.165, 1.54) is 27.5 Å². The fourth-order valence-electron chi connectivity index (χ4n) is 3.49. The van der Waals surface area contributed by atoms with Gasteiger partial charge in [0.05, 0.1) is 6.04 Å². The van der Waals surface area contributed by atoms with Crippen molar-refractivity contribution < 1.29 is 4.79 Å². The predicted octanol–water partition coefficient (Wildman–Crippen LogP) is 3.21. The average molecular weight is 330 g/mol. The highest BCUT2D eigenvalue weighted by atomic mass is 16.2. The maximum absolute atomic E-state index is 12.4. The molecule has 4 rings (SSSR count). The molecule has 0 fully saturated rings. The van der Waals surface area contributed by atoms with Gasteiger partial charge in [0.2, 0.25) is 5.91 Å². The highest BCUT2D eigenvalue weighted by Gasteiger charge is 2.23. The molecule has 1 heterocycles. The van der Waals surface area contributed by atoms with Gasteiger partial charge in [-0.1, -0.05) is 66.7 Å². The molecule has 1 atom stereocenters. The lowest BCUT2D eigenvalue weighted by Crippen LogP contribution is -2.48. The lowest BCUT2D eigenvalue weighted by molar-refractivity contribution is -0.123. The van der Waals surface area contributed by atoms with Crippen LogP contribution in [0, 0.1) is 0 Å². The molecule has 2 N–H and O–H groups in total. The van der Waals surface area contributed by atoms with Crippen LogP contribution in [0.15, 0.2) is 66.7 Å². The molecular formula is C22H22N2O. The van der Waals surface area contributed by atoms with E-state index >= 15 is 0 Å². The standard InChI is InChI=1S/C22H22N2O/c25-22(21-14-19-7-3-4-8-20(19)15-24-21)23-12-11-16-9-10-17-5-1-2-6-18(17)13-16/h1-10,13,21,24H,11-12,14-15H2,(H,23,25). The van der Waals surface area contributed by atoms with Gasteiger partial charge in [0.15, 0.2) is 0 Å². The molecule has 25 heavy (non-hydrogen) atoms. The van der Waals surface area contributed by atoms with Crippen LogP contribution in [0.1, 0.15) is 16.7 Å². The summed E-state index contributed by atoms with van der Waals surface area (Å²) in [6, 6.07) is 23.0. The Kier molecular flexibility index (Phi) is 4.49. The highest BCUT2D eigenvalue weighted by Crippen LogP contribution is 2.17. The second-order valence-electron chi connectivity index (χ2n) is 6.63. The number of hydrogen-bond acceptors (Lipinski definition) is 2. The van der Waals surface area contributed by atoms with Crippen LogP contribution >= 0.6 is 0 Å². The van der Waals surface area contributed by atoms with Gasteiger partial charge in [-0.25, -0.2) is 0 Å². The third-order valence-corrected chi connectivity index (χ3v) is 4.92. The maximum Gasteiger partial charge on any atom is 0.237 e. The van der Waals surface area contributed by atoms with Crippen LogP contribution in [0.3, 0.4) is 0 Å². The number of hydrogen-bond donors (Lipinski definition) is 2. The Balaban J connectivity index is 1.33. The first-order valence-electron chi connectivity index (χ1n) is 8.85. The number of rotatable bonds is 4. The van der Waals surface area contributed by atoms with Crippen LogP contribution < -0.4 is 10.6 Å². The Hall–Kier alpha value is -2.65. The van der Waals surface area contributed by atoms with Crippen molar-refractivity contribution in [2.24, 2.45) is 0 Å². The smallest absolute Gasteiger partial charge is 0.237 e. The van der Waals surface area contributed by atoms with E-state index in [2.05, 4.69) is 65.2 Å². The number of carbonyl (C=O) groups is 1. The Labute approximate surface area is 148 Å². The lowest BCUT2D eigenvalue weighted by Gasteiger charge is -2.25. The molecule has 1 unspecified atom stereocenters. The first kappa shape index (κ1) is 15.9. The summed E-state index contributed by atoms with van der Waals surface area (Å²) >= 11 is 0. The normalized spacial score (nSPS) is 16.4. The lowest BCUT2D eigenvalue weighted by atomic mass is 9.95. The van der Waals surface area contributed by atoms with Crippen LogP contribution in [0.5, 0.6) is 0 Å². The third kappa shape index (κ3) is 3.57. The zero-order chi connectivity index (χ0) is 17.1. The molecule has 0 saturated heterocycles. The first-order chi connectivity index (χ1) is 12.3. The monoisotopic (exact) mass is 330 g/mol. The minimum atomic E-state index is -0.133. The maximum atomic E-state index is 12.4. The second kappa shape index (κ2) is 7.08. The van der Waals surface area contributed by atoms with E-state index in [0.717, 1.165) is 19.4 Å². The zero-order valence-electron chi connectivity index (χ0n) is 14.2. The first-order valence-corrected chi connectivity index (χ1v) is 8.85. The van der Waals surface area contributed by atoms with Gasteiger partial charge in [0.25, 0.3) is 0 Å². The third-order valence-electron chi connectivity index (χ3n) is 4.92. The van der Waals surface area contributed by atoms with Crippen molar-refractivity contribution in [2.45, 2.75) is 25.4 Å². The van der Waals surface area contributed by atoms with Gasteiger partial charge in [0, 0.05) is 13.1 Å². The molecule has 3 heteroatoms. The van der Waals surface area contributed by atoms with Crippen molar-refractivity contribution in [3.63, 3.8) is 0 Å². The molecule has 3 nitrogen and oxygen atoms in total. The second-order valence-corrected chi connectivity index (χ2v) is 6.63. The van der Waals surface area contributed by atoms with Crippen LogP contribution in [-0.2, 0) is 24.2 Å². The molecule has 1 aliphatic rings. The van der Waals surface area contributed by atoms with Crippen molar-refractivity contribution in [1.82, 2.24) is 10.6 Å². The number of benzene rings is 3. The summed E-state index contributed by atoms with van der Waals surface area (Å²) in [5.41, 5.74) is 3.82. The summed E-state index contributed by atoms with van der Waals surface area (Å²) in [4.78, 5) is 12.4. The summed E-state index contributed by atoms with van der Waals surface area (Å²) in [5.74, 6) is 0.0929. The Morgan fingerprint density at radius 2 is 1.72 bits per heavy atom. The summed E-state index contributed by atoms with van der Waals surface area (Å²) in [7, 11) is 0. The zero-order valence-corrected chi connectivity index (χ0v) is 14.2. The SMILES string of the molecule is O=C(NCCc1ccc2ccccc2c1)C1Cc2ccccc2CN1. The van der Waals surface area contributed by atoms with Crippen molar-refractivity contribution in [2.75, 3.05) is 6.54 Å². The molecule has 0 bridgehead atoms. The van der Waals surface area contributed by atoms with Gasteiger partial charge in [-0.3, -0.25) is 4.79 Å². The van der Waals surface area contributed by atoms with Crippen molar-refractivity contribution in [3.8, 4) is 0 Å². The van der Waals surface area contributed by atoms with E-state index in [1.54, 1.807) is 0 Å². The van der Waals surface area contributed by atoms with E-state index in [1.807, 2.05) is 12.1 Å². The Bertz CT molecular complexity index is 903.